The molecule has 10 heteroatoms. The Kier molecular flexibility index (Phi) is 7.22. The normalized spacial score (nSPS) is 12.8. The van der Waals surface area contributed by atoms with Gasteiger partial charge in [0.25, 0.3) is 5.56 Å². The molecular formula is C25H26N6O4. The lowest BCUT2D eigenvalue weighted by Gasteiger charge is -2.15. The quantitative estimate of drug-likeness (QED) is 0.253. The molecule has 2 aromatic heterocycles. The van der Waals surface area contributed by atoms with Crippen LogP contribution in [0.15, 0.2) is 81.4 Å². The fourth-order valence-electron chi connectivity index (χ4n) is 3.43. The van der Waals surface area contributed by atoms with Gasteiger partial charge in [-0.15, -0.1) is 0 Å². The van der Waals surface area contributed by atoms with Crippen molar-refractivity contribution in [2.45, 2.75) is 19.6 Å². The van der Waals surface area contributed by atoms with Gasteiger partial charge in [-0.05, 0) is 30.7 Å². The van der Waals surface area contributed by atoms with Gasteiger partial charge < -0.3 is 14.4 Å². The smallest absolute Gasteiger partial charge is 0.329 e. The van der Waals surface area contributed by atoms with Gasteiger partial charge in [0, 0.05) is 7.05 Å². The van der Waals surface area contributed by atoms with Crippen molar-refractivity contribution in [2.75, 3.05) is 12.0 Å². The van der Waals surface area contributed by atoms with Gasteiger partial charge in [-0.2, -0.15) is 10.1 Å². The van der Waals surface area contributed by atoms with E-state index in [1.165, 1.54) is 16.2 Å². The second-order valence-corrected chi connectivity index (χ2v) is 7.92. The highest BCUT2D eigenvalue weighted by Gasteiger charge is 2.20. The predicted octanol–water partition coefficient (Wildman–Crippen LogP) is 2.36. The number of fused-ring (bicyclic) bond motifs is 1. The molecule has 0 saturated heterocycles. The maximum absolute atomic E-state index is 12.6. The molecule has 2 aromatic carbocycles. The van der Waals surface area contributed by atoms with Crippen molar-refractivity contribution in [3.8, 4) is 5.75 Å². The molecule has 0 spiro atoms. The first kappa shape index (κ1) is 23.7. The largest absolute Gasteiger partial charge is 0.491 e. The number of para-hydroxylation sites is 1. The van der Waals surface area contributed by atoms with Crippen LogP contribution in [-0.4, -0.2) is 42.6 Å². The summed E-state index contributed by atoms with van der Waals surface area (Å²) in [6.45, 7) is 1.79. The maximum atomic E-state index is 12.6. The van der Waals surface area contributed by atoms with Crippen LogP contribution in [0.5, 0.6) is 5.75 Å². The summed E-state index contributed by atoms with van der Waals surface area (Å²) in [6, 6.07) is 18.9. The zero-order valence-corrected chi connectivity index (χ0v) is 19.4. The molecule has 10 nitrogen and oxygen atoms in total. The average Bonchev–Trinajstić information content (AvgIpc) is 3.23. The number of ether oxygens (including phenoxy) is 1. The van der Waals surface area contributed by atoms with E-state index in [1.807, 2.05) is 67.6 Å². The molecule has 35 heavy (non-hydrogen) atoms. The molecule has 180 valence electrons. The van der Waals surface area contributed by atoms with Crippen LogP contribution >= 0.6 is 0 Å². The van der Waals surface area contributed by atoms with E-state index in [9.17, 15) is 14.7 Å². The topological polar surface area (TPSA) is 127 Å². The minimum Gasteiger partial charge on any atom is -0.491 e. The Labute approximate surface area is 200 Å². The van der Waals surface area contributed by atoms with Crippen LogP contribution in [0, 0.1) is 0 Å². The van der Waals surface area contributed by atoms with Crippen molar-refractivity contribution < 1.29 is 9.84 Å². The fourth-order valence-corrected chi connectivity index (χ4v) is 3.43. The summed E-state index contributed by atoms with van der Waals surface area (Å²) in [4.78, 5) is 31.4. The zero-order chi connectivity index (χ0) is 24.8. The first-order chi connectivity index (χ1) is 16.9. The number of aromatic nitrogens is 4. The van der Waals surface area contributed by atoms with E-state index >= 15 is 0 Å². The lowest BCUT2D eigenvalue weighted by atomic mass is 10.2. The number of imidazole rings is 1. The van der Waals surface area contributed by atoms with Crippen molar-refractivity contribution in [1.82, 2.24) is 19.1 Å². The minimum atomic E-state index is -0.965. The zero-order valence-electron chi connectivity index (χ0n) is 19.4. The van der Waals surface area contributed by atoms with Crippen molar-refractivity contribution in [3.05, 3.63) is 93.1 Å². The molecule has 0 fully saturated rings. The van der Waals surface area contributed by atoms with Gasteiger partial charge in [0.15, 0.2) is 11.2 Å². The van der Waals surface area contributed by atoms with Gasteiger partial charge in [-0.1, -0.05) is 54.6 Å². The number of hydrogen-bond acceptors (Lipinski definition) is 7. The lowest BCUT2D eigenvalue weighted by Crippen LogP contribution is -2.30. The number of aromatic amines is 1. The number of H-pyrrole nitrogens is 1. The summed E-state index contributed by atoms with van der Waals surface area (Å²) in [5.74, 6) is 0.823. The number of hydrogen-bond donors (Lipinski definition) is 3. The van der Waals surface area contributed by atoms with E-state index in [1.54, 1.807) is 12.1 Å². The van der Waals surface area contributed by atoms with Crippen LogP contribution in [0.3, 0.4) is 0 Å². The van der Waals surface area contributed by atoms with Crippen molar-refractivity contribution >= 4 is 28.9 Å². The third-order valence-corrected chi connectivity index (χ3v) is 5.23. The van der Waals surface area contributed by atoms with E-state index in [0.717, 1.165) is 5.56 Å². The Morgan fingerprint density at radius 2 is 1.86 bits per heavy atom. The minimum absolute atomic E-state index is 0.00505. The summed E-state index contributed by atoms with van der Waals surface area (Å²) in [7, 11) is 1.51. The Morgan fingerprint density at radius 3 is 2.57 bits per heavy atom. The fraction of sp³-hybridized carbons (Fsp3) is 0.200. The van der Waals surface area contributed by atoms with Crippen LogP contribution < -0.4 is 21.4 Å². The van der Waals surface area contributed by atoms with Crippen LogP contribution in [-0.2, 0) is 13.6 Å². The van der Waals surface area contributed by atoms with Crippen LogP contribution in [0.25, 0.3) is 17.2 Å². The van der Waals surface area contributed by atoms with Crippen molar-refractivity contribution in [1.29, 1.82) is 0 Å². The number of nitrogens with one attached hydrogen (secondary N) is 2. The van der Waals surface area contributed by atoms with Gasteiger partial charge >= 0.3 is 5.69 Å². The van der Waals surface area contributed by atoms with Crippen molar-refractivity contribution in [3.63, 3.8) is 0 Å². The van der Waals surface area contributed by atoms with Gasteiger partial charge in [0.05, 0.1) is 12.3 Å². The lowest BCUT2D eigenvalue weighted by molar-refractivity contribution is 0.0938. The molecule has 0 aliphatic heterocycles. The van der Waals surface area contributed by atoms with E-state index in [2.05, 4.69) is 20.5 Å². The third-order valence-electron chi connectivity index (χ3n) is 5.23. The SMILES string of the molecule is CC(/C=C/c1ccccc1)=N/Nc1nc2c(c(=O)[nH]c(=O)n2C)n1C[C@H](O)COc1ccccc1. The Bertz CT molecular complexity index is 1470. The number of anilines is 1. The van der Waals surface area contributed by atoms with Gasteiger partial charge in [-0.3, -0.25) is 14.3 Å². The summed E-state index contributed by atoms with van der Waals surface area (Å²) in [5.41, 5.74) is 3.66. The molecule has 0 aliphatic carbocycles. The van der Waals surface area contributed by atoms with Crippen LogP contribution in [0.2, 0.25) is 0 Å². The van der Waals surface area contributed by atoms with E-state index in [-0.39, 0.29) is 30.3 Å². The molecule has 0 bridgehead atoms. The molecular weight excluding hydrogens is 448 g/mol. The monoisotopic (exact) mass is 474 g/mol. The molecule has 0 unspecified atom stereocenters. The first-order valence-corrected chi connectivity index (χ1v) is 11.0. The number of aliphatic hydroxyl groups is 1. The van der Waals surface area contributed by atoms with E-state index < -0.39 is 17.4 Å². The number of rotatable bonds is 9. The van der Waals surface area contributed by atoms with Gasteiger partial charge in [-0.25, -0.2) is 10.2 Å². The highest BCUT2D eigenvalue weighted by molar-refractivity contribution is 5.96. The number of nitrogens with zero attached hydrogens (tertiary/aromatic N) is 4. The van der Waals surface area contributed by atoms with E-state index in [0.29, 0.717) is 11.5 Å². The average molecular weight is 475 g/mol. The molecule has 4 aromatic rings. The highest BCUT2D eigenvalue weighted by Crippen LogP contribution is 2.17. The standard InChI is InChI=1S/C25H26N6O4/c1-17(13-14-18-9-5-3-6-10-18)28-29-24-26-22-21(23(33)27-25(34)30(22)2)31(24)15-19(32)16-35-20-11-7-4-8-12-20/h3-14,19,32H,15-16H2,1-2H3,(H,26,29)(H,27,33,34)/b14-13+,28-17-/t19-/m0/s1. The molecule has 3 N–H and O–H groups in total. The Hall–Kier alpha value is -4.44. The number of aliphatic hydroxyl groups excluding tert-OH is 1. The van der Waals surface area contributed by atoms with Crippen LogP contribution in [0.1, 0.15) is 12.5 Å². The Morgan fingerprint density at radius 1 is 1.17 bits per heavy atom. The first-order valence-electron chi connectivity index (χ1n) is 11.0. The number of hydrazone groups is 1. The molecule has 1 atom stereocenters. The van der Waals surface area contributed by atoms with Crippen LogP contribution in [0.4, 0.5) is 5.95 Å². The maximum Gasteiger partial charge on any atom is 0.329 e. The van der Waals surface area contributed by atoms with Crippen molar-refractivity contribution in [2.24, 2.45) is 12.1 Å². The second-order valence-electron chi connectivity index (χ2n) is 7.92. The summed E-state index contributed by atoms with van der Waals surface area (Å²) in [6.07, 6.45) is 2.79. The predicted molar refractivity (Wildman–Crippen MR) is 136 cm³/mol. The molecule has 2 heterocycles. The molecule has 0 radical (unpaired) electrons. The molecule has 4 rings (SSSR count). The molecule has 0 aliphatic rings. The summed E-state index contributed by atoms with van der Waals surface area (Å²) < 4.78 is 8.36. The molecule has 0 saturated carbocycles. The highest BCUT2D eigenvalue weighted by atomic mass is 16.5. The number of benzene rings is 2. The van der Waals surface area contributed by atoms with Gasteiger partial charge in [0.2, 0.25) is 5.95 Å². The van der Waals surface area contributed by atoms with E-state index in [4.69, 9.17) is 4.74 Å². The Balaban J connectivity index is 1.60. The number of allylic oxidation sites excluding steroid dienone is 1. The summed E-state index contributed by atoms with van der Waals surface area (Å²) in [5, 5.41) is 15.0. The van der Waals surface area contributed by atoms with Gasteiger partial charge in [0.1, 0.15) is 18.5 Å². The molecule has 0 amide bonds. The summed E-state index contributed by atoms with van der Waals surface area (Å²) >= 11 is 0. The third kappa shape index (κ3) is 5.74. The number of aryl methyl sites for hydroxylation is 1. The second kappa shape index (κ2) is 10.7.